The number of para-hydroxylation sites is 1. The summed E-state index contributed by atoms with van der Waals surface area (Å²) in [5, 5.41) is 6.16. The lowest BCUT2D eigenvalue weighted by Gasteiger charge is -2.31. The summed E-state index contributed by atoms with van der Waals surface area (Å²) < 4.78 is 0. The Morgan fingerprint density at radius 1 is 1.37 bits per heavy atom. The summed E-state index contributed by atoms with van der Waals surface area (Å²) in [5.41, 5.74) is 2.27. The second-order valence-corrected chi connectivity index (χ2v) is 4.64. The molecule has 0 atom stereocenters. The third-order valence-corrected chi connectivity index (χ3v) is 3.24. The molecule has 1 saturated heterocycles. The average Bonchev–Trinajstić information content (AvgIpc) is 2.46. The molecule has 19 heavy (non-hydrogen) atoms. The van der Waals surface area contributed by atoms with Gasteiger partial charge in [-0.1, -0.05) is 24.3 Å². The van der Waals surface area contributed by atoms with Gasteiger partial charge in [-0.25, -0.2) is 0 Å². The second kappa shape index (κ2) is 6.95. The molecule has 1 aliphatic rings. The van der Waals surface area contributed by atoms with E-state index in [1.54, 1.807) is 6.08 Å². The molecular formula is C15H21N3O. The predicted molar refractivity (Wildman–Crippen MR) is 78.4 cm³/mol. The molecule has 4 heteroatoms. The highest BCUT2D eigenvalue weighted by Gasteiger charge is 2.15. The Morgan fingerprint density at radius 3 is 2.84 bits per heavy atom. The highest BCUT2D eigenvalue weighted by atomic mass is 16.1. The molecule has 0 spiro atoms. The van der Waals surface area contributed by atoms with Gasteiger partial charge >= 0.3 is 0 Å². The molecule has 1 amide bonds. The number of hydrogen-bond acceptors (Lipinski definition) is 3. The van der Waals surface area contributed by atoms with Crippen LogP contribution in [0.3, 0.4) is 0 Å². The molecule has 0 unspecified atom stereocenters. The van der Waals surface area contributed by atoms with Crippen LogP contribution in [0.5, 0.6) is 0 Å². The van der Waals surface area contributed by atoms with Gasteiger partial charge < -0.3 is 15.5 Å². The molecule has 0 aromatic heterocycles. The van der Waals surface area contributed by atoms with E-state index < -0.39 is 0 Å². The van der Waals surface area contributed by atoms with E-state index in [9.17, 15) is 4.79 Å². The monoisotopic (exact) mass is 259 g/mol. The van der Waals surface area contributed by atoms with Gasteiger partial charge in [0.25, 0.3) is 0 Å². The minimum absolute atomic E-state index is 0.0440. The van der Waals surface area contributed by atoms with Crippen molar-refractivity contribution in [2.45, 2.75) is 6.42 Å². The maximum absolute atomic E-state index is 11.8. The minimum atomic E-state index is 0.0440. The molecule has 0 aliphatic carbocycles. The van der Waals surface area contributed by atoms with Crippen LogP contribution in [-0.2, 0) is 11.2 Å². The summed E-state index contributed by atoms with van der Waals surface area (Å²) in [6, 6.07) is 8.15. The number of amides is 1. The van der Waals surface area contributed by atoms with Crippen LogP contribution in [0.1, 0.15) is 5.56 Å². The van der Waals surface area contributed by atoms with Crippen molar-refractivity contribution in [3.63, 3.8) is 0 Å². The van der Waals surface area contributed by atoms with Crippen LogP contribution in [0.25, 0.3) is 0 Å². The molecule has 1 aliphatic heterocycles. The standard InChI is InChI=1S/C15H21N3O/c1-2-7-17-15(19)12-13-5-3-4-6-14(13)18-10-8-16-9-11-18/h2-6,16H,1,7-12H2,(H,17,19). The SMILES string of the molecule is C=CCNC(=O)Cc1ccccc1N1CCNCC1. The van der Waals surface area contributed by atoms with E-state index in [-0.39, 0.29) is 5.91 Å². The minimum Gasteiger partial charge on any atom is -0.369 e. The van der Waals surface area contributed by atoms with E-state index in [0.717, 1.165) is 31.7 Å². The van der Waals surface area contributed by atoms with Crippen molar-refractivity contribution in [3.8, 4) is 0 Å². The highest BCUT2D eigenvalue weighted by molar-refractivity contribution is 5.80. The molecule has 102 valence electrons. The fourth-order valence-corrected chi connectivity index (χ4v) is 2.30. The summed E-state index contributed by atoms with van der Waals surface area (Å²) in [6.45, 7) is 8.10. The molecule has 4 nitrogen and oxygen atoms in total. The van der Waals surface area contributed by atoms with Gasteiger partial charge in [0.1, 0.15) is 0 Å². The van der Waals surface area contributed by atoms with Gasteiger partial charge in [0, 0.05) is 38.4 Å². The molecule has 1 aromatic rings. The van der Waals surface area contributed by atoms with Crippen LogP contribution in [0.2, 0.25) is 0 Å². The number of hydrogen-bond donors (Lipinski definition) is 2. The van der Waals surface area contributed by atoms with Crippen LogP contribution >= 0.6 is 0 Å². The molecule has 1 aromatic carbocycles. The smallest absolute Gasteiger partial charge is 0.224 e. The van der Waals surface area contributed by atoms with Gasteiger partial charge in [-0.05, 0) is 11.6 Å². The summed E-state index contributed by atoms with van der Waals surface area (Å²) in [6.07, 6.45) is 2.12. The predicted octanol–water partition coefficient (Wildman–Crippen LogP) is 0.941. The number of carbonyl (C=O) groups excluding carboxylic acids is 1. The first-order valence-corrected chi connectivity index (χ1v) is 6.72. The van der Waals surface area contributed by atoms with Crippen LogP contribution in [0.15, 0.2) is 36.9 Å². The van der Waals surface area contributed by atoms with Gasteiger partial charge in [0.05, 0.1) is 6.42 Å². The Morgan fingerprint density at radius 2 is 2.11 bits per heavy atom. The molecule has 1 fully saturated rings. The van der Waals surface area contributed by atoms with E-state index in [2.05, 4.69) is 28.2 Å². The molecule has 0 radical (unpaired) electrons. The zero-order valence-electron chi connectivity index (χ0n) is 11.2. The summed E-state index contributed by atoms with van der Waals surface area (Å²) in [5.74, 6) is 0.0440. The quantitative estimate of drug-likeness (QED) is 0.774. The fourth-order valence-electron chi connectivity index (χ4n) is 2.30. The summed E-state index contributed by atoms with van der Waals surface area (Å²) >= 11 is 0. The van der Waals surface area contributed by atoms with Gasteiger partial charge in [0.2, 0.25) is 5.91 Å². The number of nitrogens with one attached hydrogen (secondary N) is 2. The number of carbonyl (C=O) groups is 1. The van der Waals surface area contributed by atoms with Crippen LogP contribution < -0.4 is 15.5 Å². The molecule has 0 bridgehead atoms. The molecule has 1 heterocycles. The average molecular weight is 259 g/mol. The number of anilines is 1. The van der Waals surface area contributed by atoms with Gasteiger partial charge in [0.15, 0.2) is 0 Å². The van der Waals surface area contributed by atoms with E-state index in [0.29, 0.717) is 13.0 Å². The zero-order chi connectivity index (χ0) is 13.5. The number of piperazine rings is 1. The Labute approximate surface area is 114 Å². The summed E-state index contributed by atoms with van der Waals surface area (Å²) in [7, 11) is 0. The Hall–Kier alpha value is -1.81. The van der Waals surface area contributed by atoms with Gasteiger partial charge in [-0.3, -0.25) is 4.79 Å². The summed E-state index contributed by atoms with van der Waals surface area (Å²) in [4.78, 5) is 14.2. The molecule has 2 rings (SSSR count). The van der Waals surface area contributed by atoms with Crippen molar-refractivity contribution in [2.24, 2.45) is 0 Å². The normalized spacial score (nSPS) is 15.1. The topological polar surface area (TPSA) is 44.4 Å². The third kappa shape index (κ3) is 3.83. The number of nitrogens with zero attached hydrogens (tertiary/aromatic N) is 1. The van der Waals surface area contributed by atoms with E-state index in [1.165, 1.54) is 5.69 Å². The van der Waals surface area contributed by atoms with E-state index in [4.69, 9.17) is 0 Å². The lowest BCUT2D eigenvalue weighted by molar-refractivity contribution is -0.120. The largest absolute Gasteiger partial charge is 0.369 e. The molecular weight excluding hydrogens is 238 g/mol. The fraction of sp³-hybridized carbons (Fsp3) is 0.400. The number of rotatable bonds is 5. The lowest BCUT2D eigenvalue weighted by atomic mass is 10.1. The highest BCUT2D eigenvalue weighted by Crippen LogP contribution is 2.21. The van der Waals surface area contributed by atoms with Crippen molar-refractivity contribution in [1.82, 2.24) is 10.6 Å². The Balaban J connectivity index is 2.07. The van der Waals surface area contributed by atoms with Crippen LogP contribution in [0.4, 0.5) is 5.69 Å². The van der Waals surface area contributed by atoms with E-state index in [1.807, 2.05) is 18.2 Å². The molecule has 2 N–H and O–H groups in total. The first-order chi connectivity index (χ1) is 9.31. The first-order valence-electron chi connectivity index (χ1n) is 6.72. The first kappa shape index (κ1) is 13.6. The maximum atomic E-state index is 11.8. The third-order valence-electron chi connectivity index (χ3n) is 3.24. The Bertz CT molecular complexity index is 439. The lowest BCUT2D eigenvalue weighted by Crippen LogP contribution is -2.44. The van der Waals surface area contributed by atoms with Crippen molar-refractivity contribution < 1.29 is 4.79 Å². The molecule has 0 saturated carbocycles. The van der Waals surface area contributed by atoms with Crippen LogP contribution in [0, 0.1) is 0 Å². The zero-order valence-corrected chi connectivity index (χ0v) is 11.2. The van der Waals surface area contributed by atoms with Gasteiger partial charge in [-0.2, -0.15) is 0 Å². The Kier molecular flexibility index (Phi) is 4.98. The van der Waals surface area contributed by atoms with Crippen molar-refractivity contribution in [1.29, 1.82) is 0 Å². The van der Waals surface area contributed by atoms with Crippen molar-refractivity contribution in [2.75, 3.05) is 37.6 Å². The number of benzene rings is 1. The van der Waals surface area contributed by atoms with Crippen molar-refractivity contribution >= 4 is 11.6 Å². The van der Waals surface area contributed by atoms with Gasteiger partial charge in [-0.15, -0.1) is 6.58 Å². The second-order valence-electron chi connectivity index (χ2n) is 4.64. The van der Waals surface area contributed by atoms with E-state index >= 15 is 0 Å². The maximum Gasteiger partial charge on any atom is 0.224 e. The van der Waals surface area contributed by atoms with Crippen molar-refractivity contribution in [3.05, 3.63) is 42.5 Å². The van der Waals surface area contributed by atoms with Crippen LogP contribution in [-0.4, -0.2) is 38.6 Å².